The van der Waals surface area contributed by atoms with Crippen LogP contribution >= 0.6 is 11.6 Å². The van der Waals surface area contributed by atoms with Gasteiger partial charge in [-0.1, -0.05) is 25.4 Å². The first kappa shape index (κ1) is 13.4. The predicted molar refractivity (Wildman–Crippen MR) is 66.1 cm³/mol. The lowest BCUT2D eigenvalue weighted by Crippen LogP contribution is -2.07. The van der Waals surface area contributed by atoms with E-state index < -0.39 is 0 Å². The Balaban J connectivity index is 2.83. The highest BCUT2D eigenvalue weighted by Crippen LogP contribution is 2.24. The minimum atomic E-state index is 0.355. The van der Waals surface area contributed by atoms with Gasteiger partial charge in [0.1, 0.15) is 11.0 Å². The third-order valence-electron chi connectivity index (χ3n) is 2.39. The Morgan fingerprint density at radius 3 is 2.50 bits per heavy atom. The van der Waals surface area contributed by atoms with Gasteiger partial charge in [-0.15, -0.1) is 0 Å². The van der Waals surface area contributed by atoms with Gasteiger partial charge in [0, 0.05) is 24.3 Å². The highest BCUT2D eigenvalue weighted by atomic mass is 35.5. The number of aromatic nitrogens is 2. The van der Waals surface area contributed by atoms with Crippen LogP contribution in [0, 0.1) is 6.92 Å². The first-order chi connectivity index (χ1) is 7.56. The topological polar surface area (TPSA) is 35.0 Å². The van der Waals surface area contributed by atoms with Gasteiger partial charge in [-0.25, -0.2) is 9.97 Å². The van der Waals surface area contributed by atoms with Crippen molar-refractivity contribution >= 4 is 11.6 Å². The highest BCUT2D eigenvalue weighted by molar-refractivity contribution is 6.30. The first-order valence-corrected chi connectivity index (χ1v) is 6.04. The molecule has 0 saturated heterocycles. The Hall–Kier alpha value is -0.670. The second-order valence-corrected chi connectivity index (χ2v) is 4.39. The molecule has 1 aromatic heterocycles. The smallest absolute Gasteiger partial charge is 0.136 e. The number of ether oxygens (including phenoxy) is 1. The van der Waals surface area contributed by atoms with Gasteiger partial charge < -0.3 is 4.74 Å². The van der Waals surface area contributed by atoms with Crippen LogP contribution in [0.5, 0.6) is 0 Å². The van der Waals surface area contributed by atoms with E-state index in [1.807, 2.05) is 13.8 Å². The summed E-state index contributed by atoms with van der Waals surface area (Å²) in [5, 5.41) is 0.578. The fraction of sp³-hybridized carbons (Fsp3) is 0.667. The van der Waals surface area contributed by atoms with Gasteiger partial charge in [-0.2, -0.15) is 0 Å². The molecule has 0 aliphatic carbocycles. The summed E-state index contributed by atoms with van der Waals surface area (Å²) in [6, 6.07) is 0. The van der Waals surface area contributed by atoms with Crippen molar-refractivity contribution in [3.63, 3.8) is 0 Å². The summed E-state index contributed by atoms with van der Waals surface area (Å²) in [4.78, 5) is 8.75. The SMILES string of the molecule is CCOCCc1nc(C)c(C(C)C)c(Cl)n1. The van der Waals surface area contributed by atoms with Gasteiger partial charge in [0.2, 0.25) is 0 Å². The summed E-state index contributed by atoms with van der Waals surface area (Å²) < 4.78 is 5.27. The fourth-order valence-corrected chi connectivity index (χ4v) is 2.13. The number of aryl methyl sites for hydroxylation is 1. The molecule has 0 radical (unpaired) electrons. The van der Waals surface area contributed by atoms with E-state index in [1.54, 1.807) is 0 Å². The summed E-state index contributed by atoms with van der Waals surface area (Å²) in [5.41, 5.74) is 2.02. The van der Waals surface area contributed by atoms with Crippen molar-refractivity contribution in [3.8, 4) is 0 Å². The number of rotatable bonds is 5. The van der Waals surface area contributed by atoms with E-state index in [4.69, 9.17) is 16.3 Å². The summed E-state index contributed by atoms with van der Waals surface area (Å²) in [7, 11) is 0. The van der Waals surface area contributed by atoms with Gasteiger partial charge in [-0.05, 0) is 19.8 Å². The van der Waals surface area contributed by atoms with E-state index in [0.717, 1.165) is 23.7 Å². The molecule has 0 spiro atoms. The maximum Gasteiger partial charge on any atom is 0.136 e. The fourth-order valence-electron chi connectivity index (χ4n) is 1.68. The zero-order chi connectivity index (χ0) is 12.1. The molecule has 0 amide bonds. The molecule has 0 aromatic carbocycles. The first-order valence-electron chi connectivity index (χ1n) is 5.66. The third kappa shape index (κ3) is 3.42. The van der Waals surface area contributed by atoms with E-state index in [-0.39, 0.29) is 0 Å². The van der Waals surface area contributed by atoms with Gasteiger partial charge in [0.05, 0.1) is 6.61 Å². The standard InChI is InChI=1S/C12H19ClN2O/c1-5-16-7-6-10-14-9(4)11(8(2)3)12(13)15-10/h8H,5-7H2,1-4H3. The molecule has 0 saturated carbocycles. The summed E-state index contributed by atoms with van der Waals surface area (Å²) >= 11 is 6.15. The van der Waals surface area contributed by atoms with Crippen LogP contribution in [-0.2, 0) is 11.2 Å². The highest BCUT2D eigenvalue weighted by Gasteiger charge is 2.12. The third-order valence-corrected chi connectivity index (χ3v) is 2.68. The van der Waals surface area contributed by atoms with E-state index in [2.05, 4.69) is 23.8 Å². The van der Waals surface area contributed by atoms with Crippen molar-refractivity contribution in [2.24, 2.45) is 0 Å². The zero-order valence-electron chi connectivity index (χ0n) is 10.4. The number of halogens is 1. The van der Waals surface area contributed by atoms with Crippen molar-refractivity contribution in [3.05, 3.63) is 22.2 Å². The van der Waals surface area contributed by atoms with Gasteiger partial charge >= 0.3 is 0 Å². The average molecular weight is 243 g/mol. The van der Waals surface area contributed by atoms with E-state index >= 15 is 0 Å². The molecule has 4 heteroatoms. The van der Waals surface area contributed by atoms with Gasteiger partial charge in [0.25, 0.3) is 0 Å². The Morgan fingerprint density at radius 2 is 2.00 bits per heavy atom. The van der Waals surface area contributed by atoms with Crippen LogP contribution < -0.4 is 0 Å². The van der Waals surface area contributed by atoms with Crippen molar-refractivity contribution in [1.29, 1.82) is 0 Å². The Bertz CT molecular complexity index is 330. The lowest BCUT2D eigenvalue weighted by atomic mass is 10.0. The van der Waals surface area contributed by atoms with Crippen LogP contribution in [0.15, 0.2) is 0 Å². The molecule has 1 heterocycles. The molecule has 1 rings (SSSR count). The quantitative estimate of drug-likeness (QED) is 0.588. The molecule has 90 valence electrons. The van der Waals surface area contributed by atoms with Crippen LogP contribution in [-0.4, -0.2) is 23.2 Å². The summed E-state index contributed by atoms with van der Waals surface area (Å²) in [6.45, 7) is 9.51. The van der Waals surface area contributed by atoms with Gasteiger partial charge in [0.15, 0.2) is 0 Å². The lowest BCUT2D eigenvalue weighted by Gasteiger charge is -2.12. The molecule has 0 aliphatic heterocycles. The van der Waals surface area contributed by atoms with Crippen molar-refractivity contribution in [2.45, 2.75) is 40.0 Å². The monoisotopic (exact) mass is 242 g/mol. The van der Waals surface area contributed by atoms with E-state index in [1.165, 1.54) is 0 Å². The largest absolute Gasteiger partial charge is 0.381 e. The van der Waals surface area contributed by atoms with Crippen LogP contribution in [0.2, 0.25) is 5.15 Å². The molecule has 0 N–H and O–H groups in total. The summed E-state index contributed by atoms with van der Waals surface area (Å²) in [6.07, 6.45) is 0.715. The molecular weight excluding hydrogens is 224 g/mol. The number of hydrogen-bond acceptors (Lipinski definition) is 3. The molecule has 0 aliphatic rings. The molecule has 0 fully saturated rings. The maximum atomic E-state index is 6.15. The minimum absolute atomic E-state index is 0.355. The lowest BCUT2D eigenvalue weighted by molar-refractivity contribution is 0.149. The summed E-state index contributed by atoms with van der Waals surface area (Å²) in [5.74, 6) is 1.12. The van der Waals surface area contributed by atoms with Crippen LogP contribution in [0.3, 0.4) is 0 Å². The molecule has 1 aromatic rings. The zero-order valence-corrected chi connectivity index (χ0v) is 11.1. The molecular formula is C12H19ClN2O. The Kier molecular flexibility index (Phi) is 5.16. The number of nitrogens with zero attached hydrogens (tertiary/aromatic N) is 2. The molecule has 3 nitrogen and oxygen atoms in total. The predicted octanol–water partition coefficient (Wildman–Crippen LogP) is 3.14. The van der Waals surface area contributed by atoms with Crippen molar-refractivity contribution in [1.82, 2.24) is 9.97 Å². The van der Waals surface area contributed by atoms with E-state index in [0.29, 0.717) is 24.1 Å². The van der Waals surface area contributed by atoms with Crippen LogP contribution in [0.4, 0.5) is 0 Å². The number of hydrogen-bond donors (Lipinski definition) is 0. The van der Waals surface area contributed by atoms with E-state index in [9.17, 15) is 0 Å². The molecule has 0 bridgehead atoms. The van der Waals surface area contributed by atoms with Gasteiger partial charge in [-0.3, -0.25) is 0 Å². The average Bonchev–Trinajstić information content (AvgIpc) is 2.16. The van der Waals surface area contributed by atoms with Crippen LogP contribution in [0.25, 0.3) is 0 Å². The molecule has 0 unspecified atom stereocenters. The Labute approximate surface area is 102 Å². The molecule has 0 atom stereocenters. The minimum Gasteiger partial charge on any atom is -0.381 e. The van der Waals surface area contributed by atoms with Crippen LogP contribution in [0.1, 0.15) is 43.8 Å². The maximum absolute atomic E-state index is 6.15. The van der Waals surface area contributed by atoms with Crippen molar-refractivity contribution in [2.75, 3.05) is 13.2 Å². The normalized spacial score (nSPS) is 11.1. The Morgan fingerprint density at radius 1 is 1.31 bits per heavy atom. The molecule has 16 heavy (non-hydrogen) atoms. The second-order valence-electron chi connectivity index (χ2n) is 4.03. The second kappa shape index (κ2) is 6.16. The van der Waals surface area contributed by atoms with Crippen molar-refractivity contribution < 1.29 is 4.74 Å².